The molecule has 0 aromatic carbocycles. The predicted molar refractivity (Wildman–Crippen MR) is 235 cm³/mol. The molecule has 5 N–H and O–H groups in total. The van der Waals surface area contributed by atoms with Gasteiger partial charge in [0.05, 0.1) is 25.4 Å². The van der Waals surface area contributed by atoms with Crippen LogP contribution in [0.5, 0.6) is 0 Å². The average molecular weight is 801 g/mol. The number of amides is 1. The van der Waals surface area contributed by atoms with Gasteiger partial charge in [0.2, 0.25) is 5.91 Å². The minimum atomic E-state index is -4.33. The molecule has 0 radical (unpaired) electrons. The molecule has 0 bridgehead atoms. The van der Waals surface area contributed by atoms with Crippen molar-refractivity contribution < 1.29 is 28.4 Å². The van der Waals surface area contributed by atoms with Gasteiger partial charge in [-0.3, -0.25) is 13.8 Å². The number of nitrogens with two attached hydrogens (primary N) is 1. The molecule has 0 aromatic rings. The van der Waals surface area contributed by atoms with E-state index in [2.05, 4.69) is 19.2 Å². The van der Waals surface area contributed by atoms with Gasteiger partial charge in [0.25, 0.3) is 0 Å². The van der Waals surface area contributed by atoms with Crippen LogP contribution in [0.3, 0.4) is 0 Å². The van der Waals surface area contributed by atoms with Crippen molar-refractivity contribution in [2.24, 2.45) is 5.73 Å². The lowest BCUT2D eigenvalue weighted by Gasteiger charge is -2.23. The molecule has 1 amide bonds. The van der Waals surface area contributed by atoms with Crippen LogP contribution in [0.2, 0.25) is 0 Å². The van der Waals surface area contributed by atoms with Gasteiger partial charge in [0, 0.05) is 13.0 Å². The summed E-state index contributed by atoms with van der Waals surface area (Å²) in [4.78, 5) is 22.7. The zero-order chi connectivity index (χ0) is 40.3. The molecular formula is C46H93N2O6P. The SMILES string of the molecule is CCCCCCCCC/C=C/[C@@H](O)[C@H](COP(=O)(O)OCCN)NC(=O)CCCCCCCCCCCCCCCCCCCCCCCCCCCCC. The number of allylic oxidation sites excluding steroid dienone is 1. The van der Waals surface area contributed by atoms with Crippen molar-refractivity contribution in [1.29, 1.82) is 0 Å². The predicted octanol–water partition coefficient (Wildman–Crippen LogP) is 13.6. The van der Waals surface area contributed by atoms with Crippen LogP contribution >= 0.6 is 7.82 Å². The Morgan fingerprint density at radius 2 is 0.927 bits per heavy atom. The third-order valence-corrected chi connectivity index (χ3v) is 11.8. The minimum absolute atomic E-state index is 0.0810. The highest BCUT2D eigenvalue weighted by Crippen LogP contribution is 2.43. The van der Waals surface area contributed by atoms with E-state index in [0.717, 1.165) is 38.5 Å². The molecule has 9 heteroatoms. The summed E-state index contributed by atoms with van der Waals surface area (Å²) in [5, 5.41) is 13.6. The molecule has 0 aromatic heterocycles. The molecule has 0 aliphatic rings. The highest BCUT2D eigenvalue weighted by atomic mass is 31.2. The molecule has 0 saturated carbocycles. The lowest BCUT2D eigenvalue weighted by atomic mass is 10.0. The first-order valence-electron chi connectivity index (χ1n) is 23.8. The summed E-state index contributed by atoms with van der Waals surface area (Å²) in [6, 6.07) is -0.853. The van der Waals surface area contributed by atoms with E-state index in [0.29, 0.717) is 6.42 Å². The molecule has 8 nitrogen and oxygen atoms in total. The molecule has 0 rings (SSSR count). The van der Waals surface area contributed by atoms with Gasteiger partial charge in [-0.1, -0.05) is 231 Å². The maximum atomic E-state index is 12.7. The minimum Gasteiger partial charge on any atom is -0.387 e. The van der Waals surface area contributed by atoms with Gasteiger partial charge < -0.3 is 21.1 Å². The number of rotatable bonds is 45. The van der Waals surface area contributed by atoms with Gasteiger partial charge in [-0.2, -0.15) is 0 Å². The Bertz CT molecular complexity index is 875. The van der Waals surface area contributed by atoms with Crippen LogP contribution in [0.15, 0.2) is 12.2 Å². The Morgan fingerprint density at radius 3 is 1.29 bits per heavy atom. The number of carbonyl (C=O) groups excluding carboxylic acids is 1. The van der Waals surface area contributed by atoms with Gasteiger partial charge in [-0.15, -0.1) is 0 Å². The van der Waals surface area contributed by atoms with E-state index in [1.54, 1.807) is 6.08 Å². The summed E-state index contributed by atoms with van der Waals surface area (Å²) >= 11 is 0. The highest BCUT2D eigenvalue weighted by Gasteiger charge is 2.26. The number of nitrogens with one attached hydrogen (secondary N) is 1. The van der Waals surface area contributed by atoms with E-state index in [4.69, 9.17) is 14.8 Å². The smallest absolute Gasteiger partial charge is 0.387 e. The number of phosphoric acid groups is 1. The Balaban J connectivity index is 3.86. The van der Waals surface area contributed by atoms with E-state index in [1.807, 2.05) is 6.08 Å². The molecule has 0 fully saturated rings. The second kappa shape index (κ2) is 42.8. The van der Waals surface area contributed by atoms with Crippen molar-refractivity contribution in [1.82, 2.24) is 5.32 Å². The summed E-state index contributed by atoms with van der Waals surface area (Å²) in [6.07, 6.45) is 48.7. The van der Waals surface area contributed by atoms with Crippen LogP contribution in [0, 0.1) is 0 Å². The number of unbranched alkanes of at least 4 members (excludes halogenated alkanes) is 33. The number of hydrogen-bond acceptors (Lipinski definition) is 6. The monoisotopic (exact) mass is 801 g/mol. The van der Waals surface area contributed by atoms with Gasteiger partial charge in [-0.05, 0) is 19.3 Å². The summed E-state index contributed by atoms with van der Waals surface area (Å²) in [7, 11) is -4.33. The van der Waals surface area contributed by atoms with E-state index in [9.17, 15) is 19.4 Å². The fourth-order valence-electron chi connectivity index (χ4n) is 7.25. The van der Waals surface area contributed by atoms with Crippen molar-refractivity contribution >= 4 is 13.7 Å². The number of hydrogen-bond donors (Lipinski definition) is 4. The van der Waals surface area contributed by atoms with E-state index < -0.39 is 20.0 Å². The van der Waals surface area contributed by atoms with Crippen LogP contribution in [-0.4, -0.2) is 47.8 Å². The summed E-state index contributed by atoms with van der Waals surface area (Å²) in [6.45, 7) is 4.13. The highest BCUT2D eigenvalue weighted by molar-refractivity contribution is 7.47. The topological polar surface area (TPSA) is 131 Å². The van der Waals surface area contributed by atoms with E-state index in [-0.39, 0.29) is 25.7 Å². The van der Waals surface area contributed by atoms with Crippen molar-refractivity contribution in [2.75, 3.05) is 19.8 Å². The molecule has 328 valence electrons. The summed E-state index contributed by atoms with van der Waals surface area (Å²) in [5.74, 6) is -0.191. The first-order valence-corrected chi connectivity index (χ1v) is 25.3. The first kappa shape index (κ1) is 54.2. The van der Waals surface area contributed by atoms with Crippen molar-refractivity contribution in [3.8, 4) is 0 Å². The standard InChI is InChI=1S/C46H93N2O6P/c1-3-5-7-9-11-13-14-15-16-17-18-19-20-21-22-23-24-25-26-27-28-29-30-32-34-36-38-40-46(50)48-44(43-54-55(51,52)53-42-41-47)45(49)39-37-35-33-31-12-10-8-6-4-2/h37,39,44-45,49H,3-36,38,40-43,47H2,1-2H3,(H,48,50)(H,51,52)/b39-37+/t44-,45+/m0/s1. The number of aliphatic hydroxyl groups is 1. The molecule has 55 heavy (non-hydrogen) atoms. The maximum Gasteiger partial charge on any atom is 0.472 e. The fraction of sp³-hybridized carbons (Fsp3) is 0.935. The van der Waals surface area contributed by atoms with Gasteiger partial charge >= 0.3 is 7.82 Å². The molecule has 0 aliphatic heterocycles. The molecule has 1 unspecified atom stereocenters. The lowest BCUT2D eigenvalue weighted by molar-refractivity contribution is -0.123. The third-order valence-electron chi connectivity index (χ3n) is 10.9. The lowest BCUT2D eigenvalue weighted by Crippen LogP contribution is -2.45. The van der Waals surface area contributed by atoms with Crippen molar-refractivity contribution in [2.45, 2.75) is 257 Å². The maximum absolute atomic E-state index is 12.7. The van der Waals surface area contributed by atoms with Crippen LogP contribution in [0.1, 0.15) is 245 Å². The molecule has 0 spiro atoms. The second-order valence-corrected chi connectivity index (χ2v) is 17.8. The average Bonchev–Trinajstić information content (AvgIpc) is 3.17. The van der Waals surface area contributed by atoms with Gasteiger partial charge in [-0.25, -0.2) is 4.57 Å². The van der Waals surface area contributed by atoms with Crippen LogP contribution < -0.4 is 11.1 Å². The number of aliphatic hydroxyl groups excluding tert-OH is 1. The second-order valence-electron chi connectivity index (χ2n) is 16.3. The van der Waals surface area contributed by atoms with Crippen molar-refractivity contribution in [3.05, 3.63) is 12.2 Å². The fourth-order valence-corrected chi connectivity index (χ4v) is 8.01. The molecule has 0 heterocycles. The van der Waals surface area contributed by atoms with Crippen LogP contribution in [0.4, 0.5) is 0 Å². The summed E-state index contributed by atoms with van der Waals surface area (Å²) < 4.78 is 22.1. The zero-order valence-corrected chi connectivity index (χ0v) is 37.3. The Morgan fingerprint density at radius 1 is 0.582 bits per heavy atom. The van der Waals surface area contributed by atoms with Gasteiger partial charge in [0.15, 0.2) is 0 Å². The number of carbonyl (C=O) groups is 1. The van der Waals surface area contributed by atoms with E-state index >= 15 is 0 Å². The molecule has 0 saturated heterocycles. The molecule has 0 aliphatic carbocycles. The Labute approximate surface area is 341 Å². The number of phosphoric ester groups is 1. The normalized spacial score (nSPS) is 14.1. The third kappa shape index (κ3) is 41.2. The first-order chi connectivity index (χ1) is 26.9. The van der Waals surface area contributed by atoms with Gasteiger partial charge in [0.1, 0.15) is 0 Å². The Hall–Kier alpha value is -0.760. The van der Waals surface area contributed by atoms with Crippen molar-refractivity contribution in [3.63, 3.8) is 0 Å². The Kier molecular flexibility index (Phi) is 42.2. The van der Waals surface area contributed by atoms with Crippen LogP contribution in [0.25, 0.3) is 0 Å². The largest absolute Gasteiger partial charge is 0.472 e. The van der Waals surface area contributed by atoms with E-state index in [1.165, 1.54) is 186 Å². The quantitative estimate of drug-likeness (QED) is 0.0274. The summed E-state index contributed by atoms with van der Waals surface area (Å²) in [5.41, 5.74) is 5.36. The molecule has 3 atom stereocenters. The zero-order valence-electron chi connectivity index (χ0n) is 36.4. The molecular weight excluding hydrogens is 707 g/mol. The van der Waals surface area contributed by atoms with Crippen LogP contribution in [-0.2, 0) is 18.4 Å².